The maximum Gasteiger partial charge on any atom is 0.304 e. The molecule has 8 heteroatoms. The molecule has 3 aromatic carbocycles. The summed E-state index contributed by atoms with van der Waals surface area (Å²) >= 11 is 7.69. The van der Waals surface area contributed by atoms with Crippen LogP contribution in [0.5, 0.6) is 5.75 Å². The summed E-state index contributed by atoms with van der Waals surface area (Å²) in [6, 6.07) is 25.3. The van der Waals surface area contributed by atoms with E-state index < -0.39 is 5.97 Å². The highest BCUT2D eigenvalue weighted by Crippen LogP contribution is 2.38. The van der Waals surface area contributed by atoms with E-state index in [1.54, 1.807) is 11.8 Å². The second-order valence-corrected chi connectivity index (χ2v) is 12.3. The number of pyridine rings is 1. The van der Waals surface area contributed by atoms with Crippen LogP contribution in [0.25, 0.3) is 10.9 Å². The summed E-state index contributed by atoms with van der Waals surface area (Å²) in [6.45, 7) is 6.16. The molecule has 0 saturated heterocycles. The van der Waals surface area contributed by atoms with E-state index in [1.165, 1.54) is 0 Å². The number of carbonyl (C=O) groups excluding carboxylic acids is 1. The van der Waals surface area contributed by atoms with E-state index in [0.29, 0.717) is 23.1 Å². The van der Waals surface area contributed by atoms with Crippen molar-refractivity contribution in [2.24, 2.45) is 0 Å². The molecule has 0 aliphatic rings. The van der Waals surface area contributed by atoms with Gasteiger partial charge in [0.15, 0.2) is 0 Å². The van der Waals surface area contributed by atoms with E-state index >= 15 is 0 Å². The molecule has 4 rings (SSSR count). The molecule has 0 fully saturated rings. The molecule has 0 aliphatic heterocycles. The summed E-state index contributed by atoms with van der Waals surface area (Å²) in [4.78, 5) is 28.4. The number of carboxylic acid groups (broad SMARTS) is 1. The van der Waals surface area contributed by atoms with Crippen molar-refractivity contribution >= 4 is 46.1 Å². The lowest BCUT2D eigenvalue weighted by Crippen LogP contribution is -2.41. The van der Waals surface area contributed by atoms with E-state index in [9.17, 15) is 14.7 Å². The second kappa shape index (κ2) is 13.2. The molecule has 4 aromatic rings. The zero-order valence-electron chi connectivity index (χ0n) is 22.8. The first-order valence-corrected chi connectivity index (χ1v) is 14.5. The van der Waals surface area contributed by atoms with Crippen LogP contribution in [-0.2, 0) is 22.6 Å². The van der Waals surface area contributed by atoms with Crippen molar-refractivity contribution in [3.05, 3.63) is 106 Å². The van der Waals surface area contributed by atoms with Gasteiger partial charge in [0.25, 0.3) is 0 Å². The third kappa shape index (κ3) is 8.73. The Balaban J connectivity index is 1.54. The van der Waals surface area contributed by atoms with Gasteiger partial charge in [-0.05, 0) is 67.8 Å². The molecule has 0 bridgehead atoms. The fourth-order valence-corrected chi connectivity index (χ4v) is 5.67. The first-order valence-electron chi connectivity index (χ1n) is 13.1. The number of carboxylic acids is 1. The van der Waals surface area contributed by atoms with Gasteiger partial charge in [0, 0.05) is 21.7 Å². The lowest BCUT2D eigenvalue weighted by Gasteiger charge is -2.21. The molecule has 0 saturated carbocycles. The second-order valence-electron chi connectivity index (χ2n) is 10.6. The highest BCUT2D eigenvalue weighted by atomic mass is 35.5. The Morgan fingerprint density at radius 3 is 2.48 bits per heavy atom. The topological polar surface area (TPSA) is 88.5 Å². The van der Waals surface area contributed by atoms with Gasteiger partial charge in [0.2, 0.25) is 5.91 Å². The third-order valence-electron chi connectivity index (χ3n) is 5.99. The number of halogens is 1. The number of nitrogens with one attached hydrogen (secondary N) is 1. The number of nitrogens with zero attached hydrogens (tertiary/aromatic N) is 1. The molecular formula is C32H33ClN2O4S. The fraction of sp³-hybridized carbons (Fsp3) is 0.281. The maximum atomic E-state index is 12.5. The number of fused-ring (bicyclic) bond motifs is 1. The first-order chi connectivity index (χ1) is 19.1. The molecule has 0 spiro atoms. The van der Waals surface area contributed by atoms with Crippen molar-refractivity contribution in [2.45, 2.75) is 51.0 Å². The lowest BCUT2D eigenvalue weighted by atomic mass is 10.00. The predicted octanol–water partition coefficient (Wildman–Crippen LogP) is 7.22. The molecule has 208 valence electrons. The number of aliphatic carboxylic acids is 1. The van der Waals surface area contributed by atoms with Crippen LogP contribution in [0.4, 0.5) is 0 Å². The number of ether oxygens (including phenoxy) is 1. The molecule has 1 unspecified atom stereocenters. The lowest BCUT2D eigenvalue weighted by molar-refractivity contribution is -0.136. The van der Waals surface area contributed by atoms with E-state index in [2.05, 4.69) is 10.3 Å². The molecule has 1 amide bonds. The number of benzene rings is 3. The monoisotopic (exact) mass is 576 g/mol. The number of hydrogen-bond donors (Lipinski definition) is 2. The van der Waals surface area contributed by atoms with Crippen LogP contribution < -0.4 is 10.1 Å². The summed E-state index contributed by atoms with van der Waals surface area (Å²) in [5.41, 5.74) is 4.18. The van der Waals surface area contributed by atoms with Gasteiger partial charge in [-0.3, -0.25) is 9.59 Å². The van der Waals surface area contributed by atoms with Crippen molar-refractivity contribution in [3.63, 3.8) is 0 Å². The van der Waals surface area contributed by atoms with E-state index in [-0.39, 0.29) is 29.5 Å². The largest absolute Gasteiger partial charge is 0.487 e. The van der Waals surface area contributed by atoms with Gasteiger partial charge in [0.1, 0.15) is 12.4 Å². The minimum absolute atomic E-state index is 0.0419. The molecule has 40 heavy (non-hydrogen) atoms. The Kier molecular flexibility index (Phi) is 9.71. The van der Waals surface area contributed by atoms with Crippen LogP contribution in [0.3, 0.4) is 0 Å². The Labute approximate surface area is 244 Å². The average Bonchev–Trinajstić information content (AvgIpc) is 2.88. The summed E-state index contributed by atoms with van der Waals surface area (Å²) in [7, 11) is 0. The normalized spacial score (nSPS) is 12.2. The van der Waals surface area contributed by atoms with E-state index in [4.69, 9.17) is 16.3 Å². The number of rotatable bonds is 11. The van der Waals surface area contributed by atoms with Gasteiger partial charge in [-0.2, -0.15) is 0 Å². The Hall–Kier alpha value is -3.55. The van der Waals surface area contributed by atoms with Crippen LogP contribution >= 0.6 is 23.4 Å². The van der Waals surface area contributed by atoms with Crippen molar-refractivity contribution in [2.75, 3.05) is 5.75 Å². The standard InChI is InChI=1S/C32H33ClN2O4S/c1-32(2,3)35-29(36)17-21-6-4-7-23(16-21)31(40-15-14-30(37)38)24-8-5-9-27(18-24)39-20-26-13-11-22-10-12-25(33)19-28(22)34-26/h4-13,16,18-19,31H,14-15,17,20H2,1-3H3,(H,35,36)(H,37,38). The van der Waals surface area contributed by atoms with Crippen molar-refractivity contribution in [1.29, 1.82) is 0 Å². The molecule has 0 radical (unpaired) electrons. The Morgan fingerprint density at radius 2 is 1.73 bits per heavy atom. The quantitative estimate of drug-likeness (QED) is 0.196. The number of aromatic nitrogens is 1. The molecular weight excluding hydrogens is 544 g/mol. The molecule has 0 aliphatic carbocycles. The highest BCUT2D eigenvalue weighted by Gasteiger charge is 2.19. The minimum atomic E-state index is -0.833. The Bertz CT molecular complexity index is 1500. The number of hydrogen-bond acceptors (Lipinski definition) is 5. The molecule has 6 nitrogen and oxygen atoms in total. The third-order valence-corrected chi connectivity index (χ3v) is 7.55. The van der Waals surface area contributed by atoms with Gasteiger partial charge in [0.05, 0.1) is 29.3 Å². The molecule has 1 heterocycles. The van der Waals surface area contributed by atoms with Gasteiger partial charge >= 0.3 is 5.97 Å². The van der Waals surface area contributed by atoms with Crippen LogP contribution in [0.1, 0.15) is 54.8 Å². The first kappa shape index (κ1) is 29.4. The highest BCUT2D eigenvalue weighted by molar-refractivity contribution is 7.99. The smallest absolute Gasteiger partial charge is 0.304 e. The van der Waals surface area contributed by atoms with Crippen molar-refractivity contribution in [3.8, 4) is 5.75 Å². The van der Waals surface area contributed by atoms with Crippen LogP contribution in [0.15, 0.2) is 78.9 Å². The van der Waals surface area contributed by atoms with Gasteiger partial charge in [-0.1, -0.05) is 60.1 Å². The van der Waals surface area contributed by atoms with Crippen molar-refractivity contribution < 1.29 is 19.4 Å². The molecule has 1 aromatic heterocycles. The van der Waals surface area contributed by atoms with Crippen LogP contribution in [0, 0.1) is 0 Å². The maximum absolute atomic E-state index is 12.5. The summed E-state index contributed by atoms with van der Waals surface area (Å²) < 4.78 is 6.11. The SMILES string of the molecule is CC(C)(C)NC(=O)Cc1cccc(C(SCCC(=O)O)c2cccc(OCc3ccc4ccc(Cl)cc4n3)c2)c1. The number of carbonyl (C=O) groups is 2. The van der Waals surface area contributed by atoms with Crippen LogP contribution in [-0.4, -0.2) is 33.3 Å². The van der Waals surface area contributed by atoms with Gasteiger partial charge in [-0.25, -0.2) is 4.98 Å². The Morgan fingerprint density at radius 1 is 1.00 bits per heavy atom. The summed E-state index contributed by atoms with van der Waals surface area (Å²) in [6.07, 6.45) is 0.327. The fourth-order valence-electron chi connectivity index (χ4n) is 4.30. The van der Waals surface area contributed by atoms with Gasteiger partial charge in [-0.15, -0.1) is 11.8 Å². The van der Waals surface area contributed by atoms with Crippen molar-refractivity contribution in [1.82, 2.24) is 10.3 Å². The summed E-state index contributed by atoms with van der Waals surface area (Å²) in [5, 5.41) is 13.7. The summed E-state index contributed by atoms with van der Waals surface area (Å²) in [5.74, 6) is 0.262. The number of thioether (sulfide) groups is 1. The average molecular weight is 577 g/mol. The predicted molar refractivity (Wildman–Crippen MR) is 162 cm³/mol. The number of amides is 1. The molecule has 1 atom stereocenters. The minimum Gasteiger partial charge on any atom is -0.487 e. The zero-order valence-corrected chi connectivity index (χ0v) is 24.4. The molecule has 2 N–H and O–H groups in total. The van der Waals surface area contributed by atoms with Gasteiger partial charge < -0.3 is 15.2 Å². The van der Waals surface area contributed by atoms with Crippen LogP contribution in [0.2, 0.25) is 5.02 Å². The van der Waals surface area contributed by atoms with E-state index in [1.807, 2.05) is 99.6 Å². The van der Waals surface area contributed by atoms with E-state index in [0.717, 1.165) is 33.3 Å². The zero-order chi connectivity index (χ0) is 28.7.